The van der Waals surface area contributed by atoms with Gasteiger partial charge in [-0.2, -0.15) is 0 Å². The lowest BCUT2D eigenvalue weighted by molar-refractivity contribution is 0.172. The summed E-state index contributed by atoms with van der Waals surface area (Å²) in [5.74, 6) is 0.932. The fourth-order valence-corrected chi connectivity index (χ4v) is 3.70. The van der Waals surface area contributed by atoms with Crippen molar-refractivity contribution < 1.29 is 0 Å². The van der Waals surface area contributed by atoms with Crippen molar-refractivity contribution in [2.75, 3.05) is 20.1 Å². The Morgan fingerprint density at radius 1 is 1.00 bits per heavy atom. The van der Waals surface area contributed by atoms with Gasteiger partial charge in [-0.25, -0.2) is 0 Å². The molecule has 0 aromatic carbocycles. The van der Waals surface area contributed by atoms with Gasteiger partial charge in [0, 0.05) is 18.6 Å². The molecule has 2 aliphatic rings. The molecule has 0 bridgehead atoms. The predicted octanol–water partition coefficient (Wildman–Crippen LogP) is 3.42. The minimum absolute atomic E-state index is 0.721. The van der Waals surface area contributed by atoms with Crippen molar-refractivity contribution in [3.05, 3.63) is 0 Å². The summed E-state index contributed by atoms with van der Waals surface area (Å²) < 4.78 is 0. The van der Waals surface area contributed by atoms with E-state index in [1.54, 1.807) is 0 Å². The molecule has 1 saturated carbocycles. The molecular formula is C16H32N2. The average Bonchev–Trinajstić information content (AvgIpc) is 2.66. The Balaban J connectivity index is 1.71. The molecule has 0 radical (unpaired) electrons. The summed E-state index contributed by atoms with van der Waals surface area (Å²) in [6.07, 6.45) is 13.0. The highest BCUT2D eigenvalue weighted by molar-refractivity contribution is 4.80. The van der Waals surface area contributed by atoms with Crippen LogP contribution >= 0.6 is 0 Å². The highest BCUT2D eigenvalue weighted by Gasteiger charge is 2.22. The standard InChI is InChI=1S/C16H32N2/c1-14(15-9-5-3-4-6-10-15)17-13-16-11-7-8-12-18(16)2/h14-17H,3-13H2,1-2H3/t14-,16?/m1/s1. The van der Waals surface area contributed by atoms with Gasteiger partial charge in [0.2, 0.25) is 0 Å². The average molecular weight is 252 g/mol. The van der Waals surface area contributed by atoms with E-state index in [9.17, 15) is 0 Å². The summed E-state index contributed by atoms with van der Waals surface area (Å²) in [6, 6.07) is 1.51. The lowest BCUT2D eigenvalue weighted by Crippen LogP contribution is -2.46. The van der Waals surface area contributed by atoms with E-state index in [0.29, 0.717) is 0 Å². The van der Waals surface area contributed by atoms with Crippen molar-refractivity contribution in [1.82, 2.24) is 10.2 Å². The first-order chi connectivity index (χ1) is 8.77. The Morgan fingerprint density at radius 2 is 1.67 bits per heavy atom. The molecule has 1 aliphatic carbocycles. The third-order valence-electron chi connectivity index (χ3n) is 5.20. The number of hydrogen-bond donors (Lipinski definition) is 1. The highest BCUT2D eigenvalue weighted by Crippen LogP contribution is 2.25. The lowest BCUT2D eigenvalue weighted by atomic mass is 9.92. The molecular weight excluding hydrogens is 220 g/mol. The molecule has 2 heteroatoms. The van der Waals surface area contributed by atoms with Crippen LogP contribution in [0.5, 0.6) is 0 Å². The minimum Gasteiger partial charge on any atom is -0.312 e. The van der Waals surface area contributed by atoms with E-state index in [-0.39, 0.29) is 0 Å². The summed E-state index contributed by atoms with van der Waals surface area (Å²) in [4.78, 5) is 2.55. The molecule has 1 saturated heterocycles. The zero-order valence-corrected chi connectivity index (χ0v) is 12.5. The third-order valence-corrected chi connectivity index (χ3v) is 5.20. The van der Waals surface area contributed by atoms with Crippen molar-refractivity contribution in [1.29, 1.82) is 0 Å². The second kappa shape index (κ2) is 7.49. The Labute approximate surface area is 114 Å². The van der Waals surface area contributed by atoms with E-state index in [1.165, 1.54) is 70.9 Å². The van der Waals surface area contributed by atoms with Crippen molar-refractivity contribution in [3.8, 4) is 0 Å². The van der Waals surface area contributed by atoms with Crippen LogP contribution in [-0.2, 0) is 0 Å². The smallest absolute Gasteiger partial charge is 0.0217 e. The van der Waals surface area contributed by atoms with Gasteiger partial charge in [-0.1, -0.05) is 32.1 Å². The fourth-order valence-electron chi connectivity index (χ4n) is 3.70. The zero-order chi connectivity index (χ0) is 12.8. The van der Waals surface area contributed by atoms with Crippen LogP contribution in [0.1, 0.15) is 64.7 Å². The van der Waals surface area contributed by atoms with Crippen LogP contribution in [-0.4, -0.2) is 37.1 Å². The number of rotatable bonds is 4. The molecule has 1 unspecified atom stereocenters. The maximum atomic E-state index is 3.84. The zero-order valence-electron chi connectivity index (χ0n) is 12.5. The Hall–Kier alpha value is -0.0800. The number of nitrogens with one attached hydrogen (secondary N) is 1. The summed E-state index contributed by atoms with van der Waals surface area (Å²) in [7, 11) is 2.29. The van der Waals surface area contributed by atoms with Crippen LogP contribution < -0.4 is 5.32 Å². The topological polar surface area (TPSA) is 15.3 Å². The first kappa shape index (κ1) is 14.3. The van der Waals surface area contributed by atoms with Crippen molar-refractivity contribution in [2.45, 2.75) is 76.8 Å². The summed E-state index contributed by atoms with van der Waals surface area (Å²) in [5, 5.41) is 3.84. The lowest BCUT2D eigenvalue weighted by Gasteiger charge is -2.34. The second-order valence-corrected chi connectivity index (χ2v) is 6.58. The molecule has 18 heavy (non-hydrogen) atoms. The summed E-state index contributed by atoms with van der Waals surface area (Å²) >= 11 is 0. The number of likely N-dealkylation sites (N-methyl/N-ethyl adjacent to an activating group) is 1. The first-order valence-corrected chi connectivity index (χ1v) is 8.21. The van der Waals surface area contributed by atoms with Gasteiger partial charge in [-0.05, 0) is 52.1 Å². The largest absolute Gasteiger partial charge is 0.312 e. The second-order valence-electron chi connectivity index (χ2n) is 6.58. The van der Waals surface area contributed by atoms with Crippen LogP contribution in [0.4, 0.5) is 0 Å². The number of nitrogens with zero attached hydrogens (tertiary/aromatic N) is 1. The molecule has 1 heterocycles. The van der Waals surface area contributed by atoms with E-state index in [2.05, 4.69) is 24.2 Å². The fraction of sp³-hybridized carbons (Fsp3) is 1.00. The Morgan fingerprint density at radius 3 is 2.33 bits per heavy atom. The van der Waals surface area contributed by atoms with Crippen molar-refractivity contribution >= 4 is 0 Å². The van der Waals surface area contributed by atoms with Gasteiger partial charge in [0.15, 0.2) is 0 Å². The van der Waals surface area contributed by atoms with E-state index < -0.39 is 0 Å². The quantitative estimate of drug-likeness (QED) is 0.771. The summed E-state index contributed by atoms with van der Waals surface area (Å²) in [6.45, 7) is 4.91. The normalized spacial score (nSPS) is 30.0. The van der Waals surface area contributed by atoms with E-state index in [4.69, 9.17) is 0 Å². The van der Waals surface area contributed by atoms with E-state index in [0.717, 1.165) is 18.0 Å². The van der Waals surface area contributed by atoms with Gasteiger partial charge in [0.25, 0.3) is 0 Å². The van der Waals surface area contributed by atoms with E-state index in [1.807, 2.05) is 0 Å². The number of piperidine rings is 1. The minimum atomic E-state index is 0.721. The molecule has 106 valence electrons. The monoisotopic (exact) mass is 252 g/mol. The first-order valence-electron chi connectivity index (χ1n) is 8.21. The molecule has 2 fully saturated rings. The van der Waals surface area contributed by atoms with Gasteiger partial charge in [0.1, 0.15) is 0 Å². The molecule has 0 amide bonds. The van der Waals surface area contributed by atoms with Crippen LogP contribution in [0, 0.1) is 5.92 Å². The van der Waals surface area contributed by atoms with Gasteiger partial charge in [0.05, 0.1) is 0 Å². The number of hydrogen-bond acceptors (Lipinski definition) is 2. The molecule has 2 rings (SSSR count). The molecule has 1 aliphatic heterocycles. The maximum Gasteiger partial charge on any atom is 0.0217 e. The van der Waals surface area contributed by atoms with E-state index >= 15 is 0 Å². The molecule has 2 atom stereocenters. The van der Waals surface area contributed by atoms with Crippen LogP contribution in [0.15, 0.2) is 0 Å². The molecule has 0 aromatic heterocycles. The molecule has 0 aromatic rings. The highest BCUT2D eigenvalue weighted by atomic mass is 15.2. The predicted molar refractivity (Wildman–Crippen MR) is 78.9 cm³/mol. The van der Waals surface area contributed by atoms with Gasteiger partial charge < -0.3 is 10.2 Å². The maximum absolute atomic E-state index is 3.84. The number of likely N-dealkylation sites (tertiary alicyclic amines) is 1. The van der Waals surface area contributed by atoms with Gasteiger partial charge in [-0.15, -0.1) is 0 Å². The van der Waals surface area contributed by atoms with Crippen molar-refractivity contribution in [3.63, 3.8) is 0 Å². The molecule has 0 spiro atoms. The van der Waals surface area contributed by atoms with Crippen LogP contribution in [0.2, 0.25) is 0 Å². The van der Waals surface area contributed by atoms with Crippen LogP contribution in [0.3, 0.4) is 0 Å². The van der Waals surface area contributed by atoms with Gasteiger partial charge >= 0.3 is 0 Å². The van der Waals surface area contributed by atoms with Crippen LogP contribution in [0.25, 0.3) is 0 Å². The molecule has 2 nitrogen and oxygen atoms in total. The van der Waals surface area contributed by atoms with Gasteiger partial charge in [-0.3, -0.25) is 0 Å². The van der Waals surface area contributed by atoms with Crippen molar-refractivity contribution in [2.24, 2.45) is 5.92 Å². The third kappa shape index (κ3) is 4.24. The Bertz CT molecular complexity index is 221. The summed E-state index contributed by atoms with van der Waals surface area (Å²) in [5.41, 5.74) is 0. The molecule has 1 N–H and O–H groups in total. The SMILES string of the molecule is C[C@@H](NCC1CCCCN1C)C1CCCCCC1. The Kier molecular flexibility index (Phi) is 5.97.